The normalized spacial score (nSPS) is 11.7. The summed E-state index contributed by atoms with van der Waals surface area (Å²) in [5, 5.41) is 22.3. The number of nitrogens with two attached hydrogens (primary N) is 1. The van der Waals surface area contributed by atoms with E-state index in [-0.39, 0.29) is 17.4 Å². The Morgan fingerprint density at radius 3 is 2.62 bits per heavy atom. The zero-order valence-electron chi connectivity index (χ0n) is 20.9. The molecule has 13 heteroatoms. The van der Waals surface area contributed by atoms with E-state index in [2.05, 4.69) is 41.2 Å². The lowest BCUT2D eigenvalue weighted by Crippen LogP contribution is -2.30. The van der Waals surface area contributed by atoms with Crippen molar-refractivity contribution in [3.8, 4) is 11.3 Å². The highest BCUT2D eigenvalue weighted by Gasteiger charge is 2.21. The van der Waals surface area contributed by atoms with Gasteiger partial charge in [0.2, 0.25) is 5.91 Å². The Balaban J connectivity index is 1.37. The van der Waals surface area contributed by atoms with Crippen molar-refractivity contribution in [3.05, 3.63) is 83.4 Å². The summed E-state index contributed by atoms with van der Waals surface area (Å²) < 4.78 is 1.54. The first kappa shape index (κ1) is 25.5. The van der Waals surface area contributed by atoms with Crippen LogP contribution in [0.2, 0.25) is 5.02 Å². The second kappa shape index (κ2) is 10.7. The number of amides is 2. The number of carbonyl (C=O) groups excluding carboxylic acids is 2. The van der Waals surface area contributed by atoms with Gasteiger partial charge in [0.1, 0.15) is 0 Å². The van der Waals surface area contributed by atoms with Crippen LogP contribution in [0.15, 0.2) is 66.9 Å². The van der Waals surface area contributed by atoms with Crippen LogP contribution in [0.3, 0.4) is 0 Å². The molecule has 1 atom stereocenters. The molecule has 5 N–H and O–H groups in total. The summed E-state index contributed by atoms with van der Waals surface area (Å²) in [7, 11) is 0. The number of benzene rings is 2. The molecule has 0 unspecified atom stereocenters. The lowest BCUT2D eigenvalue weighted by atomic mass is 10.1. The van der Waals surface area contributed by atoms with E-state index in [9.17, 15) is 9.59 Å². The second-order valence-electron chi connectivity index (χ2n) is 8.63. The third kappa shape index (κ3) is 5.75. The Labute approximate surface area is 227 Å². The van der Waals surface area contributed by atoms with Crippen molar-refractivity contribution < 1.29 is 9.59 Å². The van der Waals surface area contributed by atoms with E-state index < -0.39 is 11.9 Å². The molecule has 0 radical (unpaired) electrons. The second-order valence-corrected chi connectivity index (χ2v) is 9.06. The predicted molar refractivity (Wildman–Crippen MR) is 148 cm³/mol. The molecule has 0 aliphatic rings. The lowest BCUT2D eigenvalue weighted by Gasteiger charge is -2.14. The van der Waals surface area contributed by atoms with Crippen LogP contribution < -0.4 is 21.7 Å². The van der Waals surface area contributed by atoms with Gasteiger partial charge in [-0.25, -0.2) is 9.97 Å². The van der Waals surface area contributed by atoms with E-state index >= 15 is 0 Å². The zero-order valence-corrected chi connectivity index (χ0v) is 21.6. The van der Waals surface area contributed by atoms with Gasteiger partial charge in [-0.05, 0) is 49.4 Å². The smallest absolute Gasteiger partial charge is 0.274 e. The number of rotatable bonds is 7. The summed E-state index contributed by atoms with van der Waals surface area (Å²) in [6, 6.07) is 17.2. The number of nitrogens with one attached hydrogen (secondary N) is 3. The van der Waals surface area contributed by atoms with Gasteiger partial charge in [-0.1, -0.05) is 29.8 Å². The molecule has 0 aliphatic carbocycles. The number of hydrogen-bond acceptors (Lipinski definition) is 9. The Bertz CT molecular complexity index is 1700. The zero-order chi connectivity index (χ0) is 27.5. The first-order chi connectivity index (χ1) is 18.8. The molecule has 0 aliphatic heterocycles. The number of carbonyl (C=O) groups is 2. The Kier molecular flexibility index (Phi) is 7.02. The van der Waals surface area contributed by atoms with E-state index in [0.29, 0.717) is 39.3 Å². The van der Waals surface area contributed by atoms with Crippen molar-refractivity contribution in [2.45, 2.75) is 19.9 Å². The lowest BCUT2D eigenvalue weighted by molar-refractivity contribution is -0.114. The first-order valence-electron chi connectivity index (χ1n) is 11.8. The predicted octanol–water partition coefficient (Wildman–Crippen LogP) is 4.01. The van der Waals surface area contributed by atoms with Crippen LogP contribution in [0.5, 0.6) is 0 Å². The van der Waals surface area contributed by atoms with E-state index in [4.69, 9.17) is 17.3 Å². The van der Waals surface area contributed by atoms with Crippen LogP contribution >= 0.6 is 11.6 Å². The van der Waals surface area contributed by atoms with Gasteiger partial charge in [0.05, 0.1) is 17.9 Å². The molecule has 3 heterocycles. The molecule has 2 aromatic carbocycles. The van der Waals surface area contributed by atoms with Crippen LogP contribution in [-0.2, 0) is 4.79 Å². The van der Waals surface area contributed by atoms with Crippen molar-refractivity contribution in [1.29, 1.82) is 0 Å². The van der Waals surface area contributed by atoms with Gasteiger partial charge in [-0.3, -0.25) is 9.59 Å². The van der Waals surface area contributed by atoms with Gasteiger partial charge in [0.25, 0.3) is 5.91 Å². The number of aromatic nitrogens is 6. The molecule has 0 fully saturated rings. The van der Waals surface area contributed by atoms with Crippen molar-refractivity contribution in [2.24, 2.45) is 0 Å². The molecule has 2 amide bonds. The van der Waals surface area contributed by atoms with Crippen molar-refractivity contribution in [3.63, 3.8) is 0 Å². The number of halogens is 1. The number of hydrogen-bond donors (Lipinski definition) is 4. The molecule has 5 rings (SSSR count). The quantitative estimate of drug-likeness (QED) is 0.237. The minimum Gasteiger partial charge on any atom is -0.382 e. The molecule has 5 aromatic rings. The van der Waals surface area contributed by atoms with Gasteiger partial charge in [0, 0.05) is 28.9 Å². The fourth-order valence-corrected chi connectivity index (χ4v) is 4.04. The maximum atomic E-state index is 13.2. The fraction of sp³-hybridized carbons (Fsp3) is 0.115. The van der Waals surface area contributed by atoms with Crippen LogP contribution in [0.4, 0.5) is 23.0 Å². The summed E-state index contributed by atoms with van der Waals surface area (Å²) in [6.07, 6.45) is 1.47. The van der Waals surface area contributed by atoms with Crippen LogP contribution in [-0.4, -0.2) is 41.6 Å². The molecular formula is C26H23ClN10O2. The van der Waals surface area contributed by atoms with Crippen LogP contribution in [0.25, 0.3) is 16.9 Å². The molecule has 0 saturated heterocycles. The number of fused-ring (bicyclic) bond motifs is 1. The monoisotopic (exact) mass is 542 g/mol. The maximum absolute atomic E-state index is 13.2. The highest BCUT2D eigenvalue weighted by molar-refractivity contribution is 6.30. The Hall–Kier alpha value is -5.10. The molecule has 12 nitrogen and oxygen atoms in total. The first-order valence-corrected chi connectivity index (χ1v) is 12.2. The summed E-state index contributed by atoms with van der Waals surface area (Å²) in [5.74, 6) is 0.163. The van der Waals surface area contributed by atoms with Crippen LogP contribution in [0, 0.1) is 0 Å². The van der Waals surface area contributed by atoms with Crippen molar-refractivity contribution in [1.82, 2.24) is 35.1 Å². The highest BCUT2D eigenvalue weighted by Crippen LogP contribution is 2.23. The number of anilines is 4. The standard InChI is InChI=1S/C26H23ClN10O2/c1-14(25-35-34-22-10-9-21(36-37(22)25)32-19-8-4-6-17(27)12-19)30-26(39)23-24(28)29-13-20(33-23)16-5-3-7-18(11-16)31-15(2)38/h3-14H,1-2H3,(H2,28,29)(H,30,39)(H,31,38)(H,32,36)/t14-/m1/s1. The SMILES string of the molecule is CC(=O)Nc1cccc(-c2cnc(N)c(C(=O)N[C@H](C)c3nnc4ccc(Nc5cccc(Cl)c5)nn34)n2)c1. The van der Waals surface area contributed by atoms with Gasteiger partial charge in [-0.15, -0.1) is 15.3 Å². The Morgan fingerprint density at radius 1 is 1.03 bits per heavy atom. The summed E-state index contributed by atoms with van der Waals surface area (Å²) >= 11 is 6.08. The number of nitrogens with zero attached hydrogens (tertiary/aromatic N) is 6. The minimum atomic E-state index is -0.602. The van der Waals surface area contributed by atoms with Crippen LogP contribution in [0.1, 0.15) is 36.2 Å². The summed E-state index contributed by atoms with van der Waals surface area (Å²) in [6.45, 7) is 3.17. The van der Waals surface area contributed by atoms with Gasteiger partial charge in [-0.2, -0.15) is 4.52 Å². The number of nitrogen functional groups attached to an aromatic ring is 1. The van der Waals surface area contributed by atoms with E-state index in [1.807, 2.05) is 12.1 Å². The van der Waals surface area contributed by atoms with Crippen molar-refractivity contribution >= 4 is 52.1 Å². The minimum absolute atomic E-state index is 0.0290. The summed E-state index contributed by atoms with van der Waals surface area (Å²) in [5.41, 5.74) is 8.88. The average Bonchev–Trinajstić information content (AvgIpc) is 3.32. The molecule has 0 saturated carbocycles. The third-order valence-corrected chi connectivity index (χ3v) is 5.85. The molecule has 196 valence electrons. The van der Waals surface area contributed by atoms with Gasteiger partial charge in [0.15, 0.2) is 28.8 Å². The van der Waals surface area contributed by atoms with E-state index in [1.54, 1.807) is 55.5 Å². The Morgan fingerprint density at radius 2 is 1.82 bits per heavy atom. The average molecular weight is 543 g/mol. The maximum Gasteiger partial charge on any atom is 0.274 e. The molecule has 0 bridgehead atoms. The topological polar surface area (TPSA) is 165 Å². The van der Waals surface area contributed by atoms with Crippen molar-refractivity contribution in [2.75, 3.05) is 16.4 Å². The largest absolute Gasteiger partial charge is 0.382 e. The van der Waals surface area contributed by atoms with E-state index in [1.165, 1.54) is 17.6 Å². The molecular weight excluding hydrogens is 520 g/mol. The highest BCUT2D eigenvalue weighted by atomic mass is 35.5. The van der Waals surface area contributed by atoms with Gasteiger partial charge >= 0.3 is 0 Å². The molecule has 3 aromatic heterocycles. The van der Waals surface area contributed by atoms with E-state index in [0.717, 1.165) is 5.69 Å². The fourth-order valence-electron chi connectivity index (χ4n) is 3.85. The molecule has 39 heavy (non-hydrogen) atoms. The summed E-state index contributed by atoms with van der Waals surface area (Å²) in [4.78, 5) is 33.2. The third-order valence-electron chi connectivity index (χ3n) is 5.61. The molecule has 0 spiro atoms. The van der Waals surface area contributed by atoms with Gasteiger partial charge < -0.3 is 21.7 Å².